The predicted octanol–water partition coefficient (Wildman–Crippen LogP) is 2.47. The van der Waals surface area contributed by atoms with E-state index in [2.05, 4.69) is 10.3 Å². The third-order valence-electron chi connectivity index (χ3n) is 4.26. The van der Waals surface area contributed by atoms with E-state index in [0.717, 1.165) is 12.8 Å². The average molecular weight is 337 g/mol. The van der Waals surface area contributed by atoms with Crippen molar-refractivity contribution >= 4 is 32.6 Å². The third-order valence-corrected chi connectivity index (χ3v) is 5.20. The average Bonchev–Trinajstić information content (AvgIpc) is 3.28. The Hall–Kier alpha value is -1.57. The van der Waals surface area contributed by atoms with Crippen molar-refractivity contribution in [2.45, 2.75) is 31.9 Å². The molecule has 7 heteroatoms. The number of benzene rings is 1. The smallest absolute Gasteiger partial charge is 0.243 e. The molecule has 0 bridgehead atoms. The van der Waals surface area contributed by atoms with E-state index in [1.807, 2.05) is 11.9 Å². The Bertz CT molecular complexity index is 716. The molecule has 1 heterocycles. The lowest BCUT2D eigenvalue weighted by atomic mass is 10.2. The number of aromatic nitrogens is 1. The van der Waals surface area contributed by atoms with Crippen LogP contribution in [0.2, 0.25) is 0 Å². The van der Waals surface area contributed by atoms with Gasteiger partial charge in [-0.1, -0.05) is 11.3 Å². The molecule has 23 heavy (non-hydrogen) atoms. The SMILES string of the molecule is CC(C(=O)Nc1nc2ccc(F)cc2s1)N(C)CC(O)C1CC1. The Balaban J connectivity index is 1.62. The summed E-state index contributed by atoms with van der Waals surface area (Å²) in [6.45, 7) is 2.27. The summed E-state index contributed by atoms with van der Waals surface area (Å²) in [5, 5.41) is 13.2. The molecule has 3 rings (SSSR count). The number of carbonyl (C=O) groups is 1. The van der Waals surface area contributed by atoms with Crippen LogP contribution in [0.15, 0.2) is 18.2 Å². The van der Waals surface area contributed by atoms with Gasteiger partial charge in [-0.25, -0.2) is 9.37 Å². The zero-order chi connectivity index (χ0) is 16.6. The van der Waals surface area contributed by atoms with E-state index in [1.54, 1.807) is 13.0 Å². The van der Waals surface area contributed by atoms with Gasteiger partial charge in [0.05, 0.1) is 22.4 Å². The first kappa shape index (κ1) is 16.3. The van der Waals surface area contributed by atoms with Crippen molar-refractivity contribution in [1.82, 2.24) is 9.88 Å². The van der Waals surface area contributed by atoms with Crippen LogP contribution < -0.4 is 5.32 Å². The second kappa shape index (κ2) is 6.51. The molecule has 5 nitrogen and oxygen atoms in total. The minimum atomic E-state index is -0.382. The Morgan fingerprint density at radius 1 is 1.57 bits per heavy atom. The molecule has 1 aromatic carbocycles. The van der Waals surface area contributed by atoms with Gasteiger partial charge in [-0.15, -0.1) is 0 Å². The van der Waals surface area contributed by atoms with Crippen LogP contribution in [0.4, 0.5) is 9.52 Å². The summed E-state index contributed by atoms with van der Waals surface area (Å²) in [7, 11) is 1.82. The highest BCUT2D eigenvalue weighted by Crippen LogP contribution is 2.33. The van der Waals surface area contributed by atoms with E-state index >= 15 is 0 Å². The van der Waals surface area contributed by atoms with Crippen LogP contribution in [0.5, 0.6) is 0 Å². The number of rotatable bonds is 6. The minimum absolute atomic E-state index is 0.185. The van der Waals surface area contributed by atoms with Crippen LogP contribution >= 0.6 is 11.3 Å². The lowest BCUT2D eigenvalue weighted by Gasteiger charge is -2.25. The first-order valence-corrected chi connectivity index (χ1v) is 8.51. The van der Waals surface area contributed by atoms with Crippen molar-refractivity contribution < 1.29 is 14.3 Å². The van der Waals surface area contributed by atoms with Gasteiger partial charge in [0.1, 0.15) is 5.82 Å². The lowest BCUT2D eigenvalue weighted by molar-refractivity contribution is -0.120. The third kappa shape index (κ3) is 3.85. The van der Waals surface area contributed by atoms with Crippen molar-refractivity contribution in [2.75, 3.05) is 18.9 Å². The van der Waals surface area contributed by atoms with Gasteiger partial charge in [0.25, 0.3) is 0 Å². The minimum Gasteiger partial charge on any atom is -0.392 e. The number of amides is 1. The number of fused-ring (bicyclic) bond motifs is 1. The number of nitrogens with one attached hydrogen (secondary N) is 1. The van der Waals surface area contributed by atoms with E-state index in [4.69, 9.17) is 0 Å². The molecule has 1 fully saturated rings. The van der Waals surface area contributed by atoms with Crippen molar-refractivity contribution in [3.05, 3.63) is 24.0 Å². The van der Waals surface area contributed by atoms with E-state index in [1.165, 1.54) is 23.5 Å². The van der Waals surface area contributed by atoms with Gasteiger partial charge in [-0.3, -0.25) is 9.69 Å². The second-order valence-corrected chi connectivity index (χ2v) is 7.17. The quantitative estimate of drug-likeness (QED) is 0.850. The molecule has 1 saturated carbocycles. The molecule has 1 aliphatic rings. The fourth-order valence-corrected chi connectivity index (χ4v) is 3.34. The maximum absolute atomic E-state index is 13.2. The molecular formula is C16H20FN3O2S. The van der Waals surface area contributed by atoms with Gasteiger partial charge < -0.3 is 10.4 Å². The Morgan fingerprint density at radius 3 is 3.00 bits per heavy atom. The first-order chi connectivity index (χ1) is 10.9. The molecule has 0 aliphatic heterocycles. The number of hydrogen-bond acceptors (Lipinski definition) is 5. The molecule has 124 valence electrons. The second-order valence-electron chi connectivity index (χ2n) is 6.14. The number of halogens is 1. The van der Waals surface area contributed by atoms with Crippen molar-refractivity contribution in [2.24, 2.45) is 5.92 Å². The number of nitrogens with zero attached hydrogens (tertiary/aromatic N) is 2. The van der Waals surface area contributed by atoms with Gasteiger partial charge in [-0.2, -0.15) is 0 Å². The molecule has 1 aliphatic carbocycles. The number of hydrogen-bond donors (Lipinski definition) is 2. The molecule has 2 atom stereocenters. The maximum Gasteiger partial charge on any atom is 0.243 e. The zero-order valence-corrected chi connectivity index (χ0v) is 13.9. The summed E-state index contributed by atoms with van der Waals surface area (Å²) in [5.41, 5.74) is 0.664. The molecule has 2 aromatic rings. The molecule has 1 amide bonds. The molecule has 2 N–H and O–H groups in total. The number of thiazole rings is 1. The van der Waals surface area contributed by atoms with Gasteiger partial charge in [-0.05, 0) is 50.9 Å². The number of aliphatic hydroxyl groups excluding tert-OH is 1. The van der Waals surface area contributed by atoms with Crippen molar-refractivity contribution in [1.29, 1.82) is 0 Å². The maximum atomic E-state index is 13.2. The van der Waals surface area contributed by atoms with Gasteiger partial charge in [0.2, 0.25) is 5.91 Å². The number of carbonyl (C=O) groups excluding carboxylic acids is 1. The van der Waals surface area contributed by atoms with Crippen LogP contribution in [0.25, 0.3) is 10.2 Å². The van der Waals surface area contributed by atoms with Crippen LogP contribution in [0, 0.1) is 11.7 Å². The van der Waals surface area contributed by atoms with Gasteiger partial charge in [0.15, 0.2) is 5.13 Å². The van der Waals surface area contributed by atoms with Crippen LogP contribution in [0.3, 0.4) is 0 Å². The summed E-state index contributed by atoms with van der Waals surface area (Å²) in [6, 6.07) is 3.97. The highest BCUT2D eigenvalue weighted by Gasteiger charge is 2.32. The number of anilines is 1. The van der Waals surface area contributed by atoms with Crippen LogP contribution in [0.1, 0.15) is 19.8 Å². The Kier molecular flexibility index (Phi) is 4.61. The van der Waals surface area contributed by atoms with E-state index < -0.39 is 0 Å². The van der Waals surface area contributed by atoms with Crippen molar-refractivity contribution in [3.8, 4) is 0 Å². The summed E-state index contributed by atoms with van der Waals surface area (Å²) >= 11 is 1.25. The molecule has 0 spiro atoms. The first-order valence-electron chi connectivity index (χ1n) is 7.69. The zero-order valence-electron chi connectivity index (χ0n) is 13.1. The number of likely N-dealkylation sites (N-methyl/N-ethyl adjacent to an activating group) is 1. The highest BCUT2D eigenvalue weighted by molar-refractivity contribution is 7.22. The summed E-state index contributed by atoms with van der Waals surface area (Å²) in [4.78, 5) is 18.4. The van der Waals surface area contributed by atoms with E-state index in [0.29, 0.717) is 27.8 Å². The molecular weight excluding hydrogens is 317 g/mol. The fourth-order valence-electron chi connectivity index (χ4n) is 2.45. The Labute approximate surface area is 138 Å². The predicted molar refractivity (Wildman–Crippen MR) is 89.0 cm³/mol. The van der Waals surface area contributed by atoms with Gasteiger partial charge >= 0.3 is 0 Å². The number of aliphatic hydroxyl groups is 1. The van der Waals surface area contributed by atoms with Crippen LogP contribution in [-0.4, -0.2) is 46.6 Å². The largest absolute Gasteiger partial charge is 0.392 e. The summed E-state index contributed by atoms with van der Waals surface area (Å²) in [5.74, 6) is -0.122. The fraction of sp³-hybridized carbons (Fsp3) is 0.500. The molecule has 0 saturated heterocycles. The lowest BCUT2D eigenvalue weighted by Crippen LogP contribution is -2.43. The molecule has 0 radical (unpaired) electrons. The molecule has 1 aromatic heterocycles. The molecule has 2 unspecified atom stereocenters. The summed E-state index contributed by atoms with van der Waals surface area (Å²) < 4.78 is 13.9. The van der Waals surface area contributed by atoms with Crippen LogP contribution in [-0.2, 0) is 4.79 Å². The van der Waals surface area contributed by atoms with E-state index in [9.17, 15) is 14.3 Å². The van der Waals surface area contributed by atoms with Gasteiger partial charge in [0, 0.05) is 6.54 Å². The van der Waals surface area contributed by atoms with Crippen molar-refractivity contribution in [3.63, 3.8) is 0 Å². The highest BCUT2D eigenvalue weighted by atomic mass is 32.1. The summed E-state index contributed by atoms with van der Waals surface area (Å²) in [6.07, 6.45) is 1.76. The topological polar surface area (TPSA) is 65.5 Å². The normalized spacial score (nSPS) is 17.4. The monoisotopic (exact) mass is 337 g/mol. The standard InChI is InChI=1S/C16H20FN3O2S/c1-9(20(2)8-13(21)10-3-4-10)15(22)19-16-18-12-6-5-11(17)7-14(12)23-16/h5-7,9-10,13,21H,3-4,8H2,1-2H3,(H,18,19,22). The van der Waals surface area contributed by atoms with E-state index in [-0.39, 0.29) is 23.9 Å². The Morgan fingerprint density at radius 2 is 2.30 bits per heavy atom.